The van der Waals surface area contributed by atoms with Gasteiger partial charge in [0.25, 0.3) is 5.91 Å². The largest absolute Gasteiger partial charge is 0.417 e. The lowest BCUT2D eigenvalue weighted by atomic mass is 10.2. The summed E-state index contributed by atoms with van der Waals surface area (Å²) in [6.07, 6.45) is 5.08. The fraction of sp³-hybridized carbons (Fsp3) is 0.545. The Bertz CT molecular complexity index is 769. The van der Waals surface area contributed by atoms with E-state index in [0.717, 1.165) is 25.0 Å². The Morgan fingerprint density at radius 2 is 1.93 bits per heavy atom. The zero-order valence-corrected chi connectivity index (χ0v) is 19.4. The van der Waals surface area contributed by atoms with Crippen molar-refractivity contribution in [3.8, 4) is 0 Å². The predicted molar refractivity (Wildman–Crippen MR) is 118 cm³/mol. The lowest BCUT2D eigenvalue weighted by Crippen LogP contribution is -2.41. The molecule has 0 spiro atoms. The number of benzene rings is 1. The SMILES string of the molecule is CC(C)(C)[Si](C)(C)OCCC[C@@H](Cn1cnc(C(N)=O)c1)OCc1ccccc1. The van der Waals surface area contributed by atoms with Crippen molar-refractivity contribution in [2.24, 2.45) is 5.73 Å². The van der Waals surface area contributed by atoms with Gasteiger partial charge < -0.3 is 19.5 Å². The van der Waals surface area contributed by atoms with Crippen LogP contribution in [-0.4, -0.2) is 36.5 Å². The van der Waals surface area contributed by atoms with Crippen molar-refractivity contribution in [1.29, 1.82) is 0 Å². The number of primary amides is 1. The normalized spacial score (nSPS) is 13.4. The van der Waals surface area contributed by atoms with Gasteiger partial charge in [-0.3, -0.25) is 4.79 Å². The second-order valence-corrected chi connectivity index (χ2v) is 13.8. The van der Waals surface area contributed by atoms with E-state index in [1.807, 2.05) is 22.8 Å². The van der Waals surface area contributed by atoms with Crippen molar-refractivity contribution in [3.63, 3.8) is 0 Å². The van der Waals surface area contributed by atoms with Gasteiger partial charge in [-0.1, -0.05) is 51.1 Å². The van der Waals surface area contributed by atoms with Gasteiger partial charge in [0.05, 0.1) is 19.0 Å². The summed E-state index contributed by atoms with van der Waals surface area (Å²) in [5.41, 5.74) is 6.72. The molecule has 0 aliphatic carbocycles. The van der Waals surface area contributed by atoms with Gasteiger partial charge in [0.2, 0.25) is 0 Å². The molecule has 1 heterocycles. The molecule has 1 amide bonds. The molecule has 1 aromatic heterocycles. The molecule has 0 fully saturated rings. The molecule has 0 radical (unpaired) electrons. The number of aromatic nitrogens is 2. The molecule has 0 unspecified atom stereocenters. The van der Waals surface area contributed by atoms with E-state index in [4.69, 9.17) is 14.9 Å². The summed E-state index contributed by atoms with van der Waals surface area (Å²) in [6, 6.07) is 10.1. The maximum Gasteiger partial charge on any atom is 0.268 e. The number of ether oxygens (including phenoxy) is 1. The topological polar surface area (TPSA) is 79.4 Å². The molecule has 1 aromatic carbocycles. The summed E-state index contributed by atoms with van der Waals surface area (Å²) < 4.78 is 14.4. The van der Waals surface area contributed by atoms with Crippen LogP contribution in [0.3, 0.4) is 0 Å². The molecule has 0 saturated carbocycles. The first-order chi connectivity index (χ1) is 13.6. The standard InChI is InChI=1S/C22H35N3O3Si/c1-22(2,3)29(4,5)28-13-9-12-19(27-16-18-10-7-6-8-11-18)14-25-15-20(21(23)26)24-17-25/h6-8,10-11,15,17,19H,9,12-14,16H2,1-5H3,(H2,23,26)/t19-/m0/s1. The Balaban J connectivity index is 1.93. The van der Waals surface area contributed by atoms with Crippen molar-refractivity contribution in [3.05, 3.63) is 54.1 Å². The van der Waals surface area contributed by atoms with Crippen molar-refractivity contribution in [2.75, 3.05) is 6.61 Å². The number of hydrogen-bond acceptors (Lipinski definition) is 4. The Morgan fingerprint density at radius 3 is 2.52 bits per heavy atom. The summed E-state index contributed by atoms with van der Waals surface area (Å²) in [5.74, 6) is -0.520. The van der Waals surface area contributed by atoms with Crippen molar-refractivity contribution in [1.82, 2.24) is 9.55 Å². The average molecular weight is 418 g/mol. The number of amides is 1. The van der Waals surface area contributed by atoms with E-state index in [0.29, 0.717) is 13.2 Å². The van der Waals surface area contributed by atoms with E-state index in [2.05, 4.69) is 51.0 Å². The quantitative estimate of drug-likeness (QED) is 0.435. The Labute approximate surface area is 175 Å². The van der Waals surface area contributed by atoms with E-state index < -0.39 is 14.2 Å². The first-order valence-electron chi connectivity index (χ1n) is 10.2. The second-order valence-electron chi connectivity index (χ2n) is 8.99. The summed E-state index contributed by atoms with van der Waals surface area (Å²) >= 11 is 0. The number of hydrogen-bond donors (Lipinski definition) is 1. The molecule has 6 nitrogen and oxygen atoms in total. The van der Waals surface area contributed by atoms with E-state index in [9.17, 15) is 4.79 Å². The number of carbonyl (C=O) groups excluding carboxylic acids is 1. The van der Waals surface area contributed by atoms with Gasteiger partial charge in [0.1, 0.15) is 5.69 Å². The Hall–Kier alpha value is -1.96. The van der Waals surface area contributed by atoms with Gasteiger partial charge in [-0.05, 0) is 36.5 Å². The van der Waals surface area contributed by atoms with Crippen LogP contribution in [0.4, 0.5) is 0 Å². The van der Waals surface area contributed by atoms with E-state index in [1.54, 1.807) is 12.5 Å². The molecule has 29 heavy (non-hydrogen) atoms. The van der Waals surface area contributed by atoms with Crippen LogP contribution in [0.15, 0.2) is 42.9 Å². The monoisotopic (exact) mass is 417 g/mol. The molecule has 0 saturated heterocycles. The van der Waals surface area contributed by atoms with Gasteiger partial charge in [0, 0.05) is 19.3 Å². The zero-order valence-electron chi connectivity index (χ0n) is 18.4. The molecule has 2 rings (SSSR count). The summed E-state index contributed by atoms with van der Waals surface area (Å²) in [4.78, 5) is 15.4. The number of imidazole rings is 1. The molecule has 1 atom stereocenters. The minimum absolute atomic E-state index is 0.00634. The van der Waals surface area contributed by atoms with Crippen LogP contribution in [0.1, 0.15) is 49.7 Å². The fourth-order valence-corrected chi connectivity index (χ4v) is 3.78. The number of rotatable bonds is 11. The third kappa shape index (κ3) is 7.42. The van der Waals surface area contributed by atoms with Crippen LogP contribution in [0, 0.1) is 0 Å². The number of nitrogens with zero attached hydrogens (tertiary/aromatic N) is 2. The molecular weight excluding hydrogens is 382 g/mol. The first-order valence-corrected chi connectivity index (χ1v) is 13.1. The predicted octanol–water partition coefficient (Wildman–Crippen LogP) is 4.37. The summed E-state index contributed by atoms with van der Waals surface area (Å²) in [5, 5.41) is 0.207. The minimum atomic E-state index is -1.74. The Morgan fingerprint density at radius 1 is 1.24 bits per heavy atom. The second kappa shape index (κ2) is 10.2. The summed E-state index contributed by atoms with van der Waals surface area (Å²) in [6.45, 7) is 13.2. The lowest BCUT2D eigenvalue weighted by molar-refractivity contribution is 0.0200. The highest BCUT2D eigenvalue weighted by Gasteiger charge is 2.36. The highest BCUT2D eigenvalue weighted by molar-refractivity contribution is 6.74. The molecule has 0 aliphatic rings. The summed E-state index contributed by atoms with van der Waals surface area (Å²) in [7, 11) is -1.74. The maximum absolute atomic E-state index is 11.3. The molecule has 2 aromatic rings. The molecule has 7 heteroatoms. The average Bonchev–Trinajstić information content (AvgIpc) is 3.12. The van der Waals surface area contributed by atoms with Crippen molar-refractivity contribution >= 4 is 14.2 Å². The van der Waals surface area contributed by atoms with Crippen LogP contribution >= 0.6 is 0 Å². The van der Waals surface area contributed by atoms with Crippen LogP contribution in [0.5, 0.6) is 0 Å². The van der Waals surface area contributed by atoms with E-state index >= 15 is 0 Å². The Kier molecular flexibility index (Phi) is 8.19. The zero-order chi connectivity index (χ0) is 21.5. The minimum Gasteiger partial charge on any atom is -0.417 e. The van der Waals surface area contributed by atoms with Gasteiger partial charge in [-0.2, -0.15) is 0 Å². The molecule has 2 N–H and O–H groups in total. The fourth-order valence-electron chi connectivity index (χ4n) is 2.69. The molecule has 160 valence electrons. The van der Waals surface area contributed by atoms with Crippen LogP contribution in [-0.2, 0) is 22.3 Å². The molecule has 0 aliphatic heterocycles. The van der Waals surface area contributed by atoms with Gasteiger partial charge in [0.15, 0.2) is 8.32 Å². The molecule has 0 bridgehead atoms. The molecular formula is C22H35N3O3Si. The third-order valence-corrected chi connectivity index (χ3v) is 10.1. The third-order valence-electron chi connectivity index (χ3n) is 5.57. The van der Waals surface area contributed by atoms with E-state index in [1.165, 1.54) is 0 Å². The van der Waals surface area contributed by atoms with Crippen molar-refractivity contribution in [2.45, 2.75) is 71.0 Å². The van der Waals surface area contributed by atoms with Crippen LogP contribution in [0.25, 0.3) is 0 Å². The first kappa shape index (κ1) is 23.3. The van der Waals surface area contributed by atoms with Gasteiger partial charge in [-0.25, -0.2) is 4.98 Å². The van der Waals surface area contributed by atoms with Gasteiger partial charge >= 0.3 is 0 Å². The van der Waals surface area contributed by atoms with E-state index in [-0.39, 0.29) is 16.8 Å². The van der Waals surface area contributed by atoms with Gasteiger partial charge in [-0.15, -0.1) is 0 Å². The number of nitrogens with two attached hydrogens (primary N) is 1. The lowest BCUT2D eigenvalue weighted by Gasteiger charge is -2.36. The highest BCUT2D eigenvalue weighted by atomic mass is 28.4. The maximum atomic E-state index is 11.3. The van der Waals surface area contributed by atoms with Crippen LogP contribution < -0.4 is 5.73 Å². The highest BCUT2D eigenvalue weighted by Crippen LogP contribution is 2.36. The number of carbonyl (C=O) groups is 1. The van der Waals surface area contributed by atoms with Crippen molar-refractivity contribution < 1.29 is 14.0 Å². The smallest absolute Gasteiger partial charge is 0.268 e. The van der Waals surface area contributed by atoms with Crippen LogP contribution in [0.2, 0.25) is 18.1 Å².